The van der Waals surface area contributed by atoms with Gasteiger partial charge >= 0.3 is 0 Å². The first-order valence-corrected chi connectivity index (χ1v) is 3.27. The number of nitrogens with one attached hydrogen (secondary N) is 2. The summed E-state index contributed by atoms with van der Waals surface area (Å²) in [4.78, 5) is 32.3. The van der Waals surface area contributed by atoms with E-state index < -0.39 is 17.6 Å². The fourth-order valence-corrected chi connectivity index (χ4v) is 0.578. The number of Topliss-reactive ketones (excluding diaryl/α,β-unsaturated/α-hetero) is 1. The molecule has 0 heterocycles. The van der Waals surface area contributed by atoms with E-state index >= 15 is 0 Å². The van der Waals surface area contributed by atoms with Gasteiger partial charge in [-0.3, -0.25) is 25.2 Å². The summed E-state index contributed by atoms with van der Waals surface area (Å²) < 4.78 is 0. The number of amides is 2. The molecule has 7 nitrogen and oxygen atoms in total. The highest BCUT2D eigenvalue weighted by atomic mass is 16.2. The molecule has 0 radical (unpaired) electrons. The molecule has 7 heteroatoms. The van der Waals surface area contributed by atoms with Crippen LogP contribution in [-0.2, 0) is 14.4 Å². The zero-order valence-corrected chi connectivity index (χ0v) is 6.96. The topological polar surface area (TPSA) is 127 Å². The number of carbonyl (C=O) groups is 3. The predicted molar refractivity (Wildman–Crippen MR) is 43.4 cm³/mol. The number of carbonyl (C=O) groups excluding carboxylic acids is 3. The highest BCUT2D eigenvalue weighted by Crippen LogP contribution is 1.95. The summed E-state index contributed by atoms with van der Waals surface area (Å²) in [6.07, 6.45) is 0.768. The molecule has 72 valence electrons. The third-order valence-electron chi connectivity index (χ3n) is 1.17. The van der Waals surface area contributed by atoms with Gasteiger partial charge < -0.3 is 0 Å². The van der Waals surface area contributed by atoms with Gasteiger partial charge in [0.25, 0.3) is 11.8 Å². The molecule has 6 N–H and O–H groups in total. The van der Waals surface area contributed by atoms with E-state index in [1.54, 1.807) is 10.9 Å². The predicted octanol–water partition coefficient (Wildman–Crippen LogP) is -2.52. The molecule has 0 bridgehead atoms. The van der Waals surface area contributed by atoms with Gasteiger partial charge in [-0.25, -0.2) is 11.7 Å². The maximum atomic E-state index is 10.9. The lowest BCUT2D eigenvalue weighted by atomic mass is 10.1. The van der Waals surface area contributed by atoms with Crippen LogP contribution >= 0.6 is 0 Å². The van der Waals surface area contributed by atoms with Crippen molar-refractivity contribution >= 4 is 17.6 Å². The summed E-state index contributed by atoms with van der Waals surface area (Å²) in [5.74, 6) is 7.35. The molecule has 0 aromatic rings. The Labute approximate surface area is 74.1 Å². The minimum Gasteiger partial charge on any atom is -0.294 e. The fourth-order valence-electron chi connectivity index (χ4n) is 0.578. The third-order valence-corrected chi connectivity index (χ3v) is 1.17. The molecular weight excluding hydrogens is 176 g/mol. The summed E-state index contributed by atoms with van der Waals surface area (Å²) in [6.45, 7) is 1.13. The van der Waals surface area contributed by atoms with E-state index in [4.69, 9.17) is 11.7 Å². The Hall–Kier alpha value is -1.73. The Morgan fingerprint density at radius 3 is 2.00 bits per heavy atom. The number of rotatable bonds is 3. The average molecular weight is 186 g/mol. The fraction of sp³-hybridized carbons (Fsp3) is 0.167. The second-order valence-electron chi connectivity index (χ2n) is 2.10. The Kier molecular flexibility index (Phi) is 4.34. The minimum atomic E-state index is -0.837. The molecule has 0 aliphatic rings. The monoisotopic (exact) mass is 186 g/mol. The zero-order chi connectivity index (χ0) is 10.4. The lowest BCUT2D eigenvalue weighted by molar-refractivity contribution is -0.123. The highest BCUT2D eigenvalue weighted by molar-refractivity contribution is 6.21. The van der Waals surface area contributed by atoms with Crippen molar-refractivity contribution in [2.45, 2.75) is 6.92 Å². The molecule has 13 heavy (non-hydrogen) atoms. The maximum Gasteiger partial charge on any atom is 0.268 e. The van der Waals surface area contributed by atoms with Crippen LogP contribution in [0.3, 0.4) is 0 Å². The van der Waals surface area contributed by atoms with Gasteiger partial charge in [-0.05, 0) is 6.92 Å². The van der Waals surface area contributed by atoms with Gasteiger partial charge in [0.05, 0.1) is 5.57 Å². The molecule has 0 unspecified atom stereocenters. The van der Waals surface area contributed by atoms with Crippen LogP contribution in [0.15, 0.2) is 11.6 Å². The van der Waals surface area contributed by atoms with Crippen molar-refractivity contribution in [1.82, 2.24) is 10.9 Å². The van der Waals surface area contributed by atoms with Crippen LogP contribution in [0.4, 0.5) is 0 Å². The van der Waals surface area contributed by atoms with Crippen molar-refractivity contribution in [3.05, 3.63) is 11.6 Å². The van der Waals surface area contributed by atoms with Crippen LogP contribution in [0.5, 0.6) is 0 Å². The van der Waals surface area contributed by atoms with Gasteiger partial charge in [0.2, 0.25) is 0 Å². The standard InChI is InChI=1S/C6H10N4O3/c1-3(11)4(6(13)10-8)2-5(12)9-7/h2H,7-8H2,1H3,(H,9,12)(H,10,13). The van der Waals surface area contributed by atoms with Gasteiger partial charge in [0.15, 0.2) is 5.78 Å². The quantitative estimate of drug-likeness (QED) is 0.0965. The minimum absolute atomic E-state index is 0.356. The average Bonchev–Trinajstić information content (AvgIpc) is 2.11. The first kappa shape index (κ1) is 11.3. The molecule has 0 aliphatic heterocycles. The second kappa shape index (κ2) is 5.01. The maximum absolute atomic E-state index is 10.9. The van der Waals surface area contributed by atoms with Crippen molar-refractivity contribution in [3.8, 4) is 0 Å². The Bertz CT molecular complexity index is 271. The largest absolute Gasteiger partial charge is 0.294 e. The summed E-state index contributed by atoms with van der Waals surface area (Å²) in [6, 6.07) is 0. The molecule has 0 saturated heterocycles. The van der Waals surface area contributed by atoms with Gasteiger partial charge in [-0.2, -0.15) is 0 Å². The van der Waals surface area contributed by atoms with Crippen LogP contribution < -0.4 is 22.5 Å². The summed E-state index contributed by atoms with van der Waals surface area (Å²) in [7, 11) is 0. The van der Waals surface area contributed by atoms with Crippen LogP contribution in [0.1, 0.15) is 6.92 Å². The molecule has 0 rings (SSSR count). The second-order valence-corrected chi connectivity index (χ2v) is 2.10. The van der Waals surface area contributed by atoms with Gasteiger partial charge in [-0.1, -0.05) is 0 Å². The molecule has 0 atom stereocenters. The molecule has 0 aromatic heterocycles. The van der Waals surface area contributed by atoms with Gasteiger partial charge in [0.1, 0.15) is 0 Å². The Morgan fingerprint density at radius 1 is 1.15 bits per heavy atom. The molecule has 0 aromatic carbocycles. The van der Waals surface area contributed by atoms with Crippen LogP contribution in [0.2, 0.25) is 0 Å². The van der Waals surface area contributed by atoms with E-state index in [2.05, 4.69) is 0 Å². The van der Waals surface area contributed by atoms with E-state index in [1.165, 1.54) is 0 Å². The van der Waals surface area contributed by atoms with Crippen LogP contribution in [0.25, 0.3) is 0 Å². The summed E-state index contributed by atoms with van der Waals surface area (Å²) >= 11 is 0. The van der Waals surface area contributed by atoms with Crippen LogP contribution in [-0.4, -0.2) is 17.6 Å². The van der Waals surface area contributed by atoms with E-state index in [-0.39, 0.29) is 5.57 Å². The van der Waals surface area contributed by atoms with Crippen molar-refractivity contribution < 1.29 is 14.4 Å². The SMILES string of the molecule is CC(=O)C(=CC(=O)NN)C(=O)NN. The van der Waals surface area contributed by atoms with Crippen molar-refractivity contribution in [1.29, 1.82) is 0 Å². The van der Waals surface area contributed by atoms with E-state index in [9.17, 15) is 14.4 Å². The normalized spacial score (nSPS) is 10.5. The molecule has 0 aliphatic carbocycles. The molecule has 0 saturated carbocycles. The molecule has 0 spiro atoms. The lowest BCUT2D eigenvalue weighted by Crippen LogP contribution is -2.35. The Balaban J connectivity index is 4.81. The smallest absolute Gasteiger partial charge is 0.268 e. The lowest BCUT2D eigenvalue weighted by Gasteiger charge is -2.00. The van der Waals surface area contributed by atoms with E-state index in [0.29, 0.717) is 0 Å². The van der Waals surface area contributed by atoms with Crippen molar-refractivity contribution in [2.24, 2.45) is 11.7 Å². The van der Waals surface area contributed by atoms with Crippen LogP contribution in [0, 0.1) is 0 Å². The first-order chi connectivity index (χ1) is 6.02. The van der Waals surface area contributed by atoms with E-state index in [0.717, 1.165) is 13.0 Å². The number of ketones is 1. The molecular formula is C6H10N4O3. The number of hydrogen-bond donors (Lipinski definition) is 4. The Morgan fingerprint density at radius 2 is 1.69 bits per heavy atom. The van der Waals surface area contributed by atoms with Gasteiger partial charge in [-0.15, -0.1) is 0 Å². The number of nitrogens with two attached hydrogens (primary N) is 2. The van der Waals surface area contributed by atoms with Crippen molar-refractivity contribution in [2.75, 3.05) is 0 Å². The highest BCUT2D eigenvalue weighted by Gasteiger charge is 2.14. The first-order valence-electron chi connectivity index (χ1n) is 3.27. The number of hydrazine groups is 2. The van der Waals surface area contributed by atoms with Gasteiger partial charge in [0, 0.05) is 6.08 Å². The number of hydrogen-bond acceptors (Lipinski definition) is 5. The van der Waals surface area contributed by atoms with Crippen molar-refractivity contribution in [3.63, 3.8) is 0 Å². The zero-order valence-electron chi connectivity index (χ0n) is 6.96. The molecule has 0 fully saturated rings. The third kappa shape index (κ3) is 3.45. The summed E-state index contributed by atoms with van der Waals surface area (Å²) in [5, 5.41) is 0. The van der Waals surface area contributed by atoms with E-state index in [1.807, 2.05) is 0 Å². The molecule has 2 amide bonds. The summed E-state index contributed by atoms with van der Waals surface area (Å²) in [5.41, 5.74) is 3.11.